The molecule has 1 aromatic rings. The third-order valence-corrected chi connectivity index (χ3v) is 1.55. The summed E-state index contributed by atoms with van der Waals surface area (Å²) in [6, 6.07) is 0.171. The first-order valence-corrected chi connectivity index (χ1v) is 4.47. The van der Waals surface area contributed by atoms with Crippen LogP contribution in [0, 0.1) is 6.92 Å². The fourth-order valence-electron chi connectivity index (χ4n) is 0.950. The van der Waals surface area contributed by atoms with Gasteiger partial charge in [-0.2, -0.15) is 0 Å². The molecule has 1 aromatic heterocycles. The molecule has 0 bridgehead atoms. The smallest absolute Gasteiger partial charge is 0.163 e. The van der Waals surface area contributed by atoms with Gasteiger partial charge in [-0.3, -0.25) is 9.98 Å². The van der Waals surface area contributed by atoms with E-state index in [-0.39, 0.29) is 6.04 Å². The van der Waals surface area contributed by atoms with Crippen molar-refractivity contribution in [1.82, 2.24) is 15.4 Å². The first-order chi connectivity index (χ1) is 6.63. The fourth-order valence-corrected chi connectivity index (χ4v) is 0.950. The first-order valence-electron chi connectivity index (χ1n) is 4.47. The second-order valence-corrected chi connectivity index (χ2v) is 3.26. The molecule has 1 rings (SSSR count). The maximum atomic E-state index is 5.34. The lowest BCUT2D eigenvalue weighted by Gasteiger charge is -2.06. The zero-order chi connectivity index (χ0) is 10.6. The van der Waals surface area contributed by atoms with Crippen molar-refractivity contribution in [2.45, 2.75) is 26.8 Å². The highest BCUT2D eigenvalue weighted by molar-refractivity contribution is 5.96. The number of hydrogen-bond donors (Lipinski definition) is 2. The largest absolute Gasteiger partial charge is 0.307 e. The van der Waals surface area contributed by atoms with Crippen LogP contribution in [0.25, 0.3) is 0 Å². The molecule has 5 heteroatoms. The molecular formula is C9H15N5. The van der Waals surface area contributed by atoms with Crippen molar-refractivity contribution in [3.8, 4) is 0 Å². The van der Waals surface area contributed by atoms with Crippen molar-refractivity contribution in [1.29, 1.82) is 0 Å². The minimum absolute atomic E-state index is 0.171. The number of hydrazine groups is 1. The van der Waals surface area contributed by atoms with Crippen LogP contribution in [0.4, 0.5) is 0 Å². The Labute approximate surface area is 83.5 Å². The number of rotatable bonds is 2. The van der Waals surface area contributed by atoms with E-state index in [0.29, 0.717) is 11.5 Å². The van der Waals surface area contributed by atoms with Gasteiger partial charge >= 0.3 is 0 Å². The van der Waals surface area contributed by atoms with Crippen molar-refractivity contribution >= 4 is 5.84 Å². The fraction of sp³-hybridized carbons (Fsp3) is 0.444. The molecule has 5 nitrogen and oxygen atoms in total. The Morgan fingerprint density at radius 1 is 1.43 bits per heavy atom. The second-order valence-electron chi connectivity index (χ2n) is 3.26. The first kappa shape index (κ1) is 10.6. The predicted octanol–water partition coefficient (Wildman–Crippen LogP) is 0.403. The van der Waals surface area contributed by atoms with E-state index < -0.39 is 0 Å². The summed E-state index contributed by atoms with van der Waals surface area (Å²) in [4.78, 5) is 12.6. The molecule has 14 heavy (non-hydrogen) atoms. The summed E-state index contributed by atoms with van der Waals surface area (Å²) in [5.74, 6) is 5.91. The lowest BCUT2D eigenvalue weighted by atomic mass is 10.3. The molecule has 0 saturated carbocycles. The van der Waals surface area contributed by atoms with Crippen LogP contribution in [0.15, 0.2) is 17.4 Å². The predicted molar refractivity (Wildman–Crippen MR) is 55.8 cm³/mol. The molecule has 0 aliphatic heterocycles. The lowest BCUT2D eigenvalue weighted by Crippen LogP contribution is -2.32. The van der Waals surface area contributed by atoms with Crippen LogP contribution < -0.4 is 11.3 Å². The van der Waals surface area contributed by atoms with Gasteiger partial charge in [0.15, 0.2) is 5.84 Å². The summed E-state index contributed by atoms with van der Waals surface area (Å²) in [6.07, 6.45) is 3.33. The summed E-state index contributed by atoms with van der Waals surface area (Å²) in [5, 5.41) is 0. The molecule has 0 aromatic carbocycles. The molecule has 0 spiro atoms. The summed E-state index contributed by atoms with van der Waals surface area (Å²) in [5.41, 5.74) is 4.05. The van der Waals surface area contributed by atoms with Crippen LogP contribution in [0.5, 0.6) is 0 Å². The van der Waals surface area contributed by atoms with E-state index >= 15 is 0 Å². The second kappa shape index (κ2) is 4.66. The third kappa shape index (κ3) is 2.77. The molecule has 76 valence electrons. The minimum Gasteiger partial charge on any atom is -0.307 e. The molecular weight excluding hydrogens is 178 g/mol. The van der Waals surface area contributed by atoms with Crippen molar-refractivity contribution in [2.75, 3.05) is 0 Å². The molecule has 1 heterocycles. The Morgan fingerprint density at radius 3 is 2.57 bits per heavy atom. The average molecular weight is 193 g/mol. The van der Waals surface area contributed by atoms with E-state index in [9.17, 15) is 0 Å². The summed E-state index contributed by atoms with van der Waals surface area (Å²) in [6.45, 7) is 5.82. The third-order valence-electron chi connectivity index (χ3n) is 1.55. The van der Waals surface area contributed by atoms with Crippen LogP contribution in [0.2, 0.25) is 0 Å². The number of aliphatic imine (C=N–C) groups is 1. The molecule has 0 radical (unpaired) electrons. The number of amidine groups is 1. The van der Waals surface area contributed by atoms with E-state index in [1.54, 1.807) is 12.4 Å². The average Bonchev–Trinajstić information content (AvgIpc) is 2.15. The molecule has 0 aliphatic rings. The number of aromatic nitrogens is 2. The van der Waals surface area contributed by atoms with Gasteiger partial charge in [0, 0.05) is 12.2 Å². The maximum absolute atomic E-state index is 5.34. The van der Waals surface area contributed by atoms with Gasteiger partial charge in [0.2, 0.25) is 0 Å². The van der Waals surface area contributed by atoms with Gasteiger partial charge in [0.05, 0.1) is 11.9 Å². The SMILES string of the molecule is Cc1cnc(C(=NC(C)C)NN)cn1. The van der Waals surface area contributed by atoms with Crippen LogP contribution in [-0.2, 0) is 0 Å². The standard InChI is InChI=1S/C9H15N5/c1-6(2)13-9(14-10)8-5-11-7(3)4-12-8/h4-6H,10H2,1-3H3,(H,13,14). The van der Waals surface area contributed by atoms with Gasteiger partial charge in [0.25, 0.3) is 0 Å². The number of nitrogens with zero attached hydrogens (tertiary/aromatic N) is 3. The number of hydrogen-bond acceptors (Lipinski definition) is 4. The highest BCUT2D eigenvalue weighted by atomic mass is 15.3. The van der Waals surface area contributed by atoms with E-state index in [1.807, 2.05) is 20.8 Å². The zero-order valence-corrected chi connectivity index (χ0v) is 8.65. The topological polar surface area (TPSA) is 76.2 Å². The van der Waals surface area contributed by atoms with Gasteiger partial charge in [-0.1, -0.05) is 0 Å². The summed E-state index contributed by atoms with van der Waals surface area (Å²) < 4.78 is 0. The van der Waals surface area contributed by atoms with E-state index in [4.69, 9.17) is 5.84 Å². The molecule has 0 amide bonds. The van der Waals surface area contributed by atoms with Gasteiger partial charge in [-0.15, -0.1) is 0 Å². The van der Waals surface area contributed by atoms with E-state index in [1.165, 1.54) is 0 Å². The zero-order valence-electron chi connectivity index (χ0n) is 8.65. The van der Waals surface area contributed by atoms with Gasteiger partial charge in [0.1, 0.15) is 5.69 Å². The molecule has 0 atom stereocenters. The van der Waals surface area contributed by atoms with Crippen LogP contribution in [0.3, 0.4) is 0 Å². The molecule has 0 saturated heterocycles. The van der Waals surface area contributed by atoms with E-state index in [2.05, 4.69) is 20.4 Å². The normalized spacial score (nSPS) is 11.9. The van der Waals surface area contributed by atoms with Crippen LogP contribution >= 0.6 is 0 Å². The molecule has 3 N–H and O–H groups in total. The Kier molecular flexibility index (Phi) is 3.53. The van der Waals surface area contributed by atoms with Gasteiger partial charge in [-0.05, 0) is 20.8 Å². The van der Waals surface area contributed by atoms with Crippen molar-refractivity contribution in [2.24, 2.45) is 10.8 Å². The van der Waals surface area contributed by atoms with E-state index in [0.717, 1.165) is 5.69 Å². The summed E-state index contributed by atoms with van der Waals surface area (Å²) >= 11 is 0. The minimum atomic E-state index is 0.171. The lowest BCUT2D eigenvalue weighted by molar-refractivity contribution is 0.817. The van der Waals surface area contributed by atoms with Gasteiger partial charge < -0.3 is 5.43 Å². The highest BCUT2D eigenvalue weighted by Gasteiger charge is 2.03. The Hall–Kier alpha value is -1.49. The van der Waals surface area contributed by atoms with Crippen molar-refractivity contribution in [3.63, 3.8) is 0 Å². The number of aryl methyl sites for hydroxylation is 1. The highest BCUT2D eigenvalue weighted by Crippen LogP contribution is 1.97. The van der Waals surface area contributed by atoms with Crippen molar-refractivity contribution in [3.05, 3.63) is 23.8 Å². The quantitative estimate of drug-likeness (QED) is 0.308. The summed E-state index contributed by atoms with van der Waals surface area (Å²) in [7, 11) is 0. The number of nitrogens with two attached hydrogens (primary N) is 1. The van der Waals surface area contributed by atoms with Crippen LogP contribution in [-0.4, -0.2) is 21.8 Å². The number of nitrogens with one attached hydrogen (secondary N) is 1. The van der Waals surface area contributed by atoms with Gasteiger partial charge in [-0.25, -0.2) is 10.8 Å². The Morgan fingerprint density at radius 2 is 2.14 bits per heavy atom. The van der Waals surface area contributed by atoms with Crippen LogP contribution in [0.1, 0.15) is 25.2 Å². The Bertz CT molecular complexity index is 314. The molecule has 0 unspecified atom stereocenters. The maximum Gasteiger partial charge on any atom is 0.163 e. The molecule has 0 aliphatic carbocycles. The molecule has 0 fully saturated rings. The monoisotopic (exact) mass is 193 g/mol. The van der Waals surface area contributed by atoms with Crippen molar-refractivity contribution < 1.29 is 0 Å². The Balaban J connectivity index is 2.95.